The van der Waals surface area contributed by atoms with Crippen molar-refractivity contribution in [2.24, 2.45) is 0 Å². The predicted octanol–water partition coefficient (Wildman–Crippen LogP) is 4.61. The van der Waals surface area contributed by atoms with Crippen LogP contribution in [0.15, 0.2) is 95.3 Å². The molecular formula is C26H28N2O4S. The van der Waals surface area contributed by atoms with E-state index >= 15 is 0 Å². The Hall–Kier alpha value is -3.42. The van der Waals surface area contributed by atoms with Gasteiger partial charge < -0.3 is 9.32 Å². The fourth-order valence-corrected chi connectivity index (χ4v) is 4.37. The van der Waals surface area contributed by atoms with E-state index in [1.165, 1.54) is 12.2 Å². The maximum absolute atomic E-state index is 13.3. The van der Waals surface area contributed by atoms with Crippen LogP contribution in [0.25, 0.3) is 6.08 Å². The largest absolute Gasteiger partial charge is 0.464 e. The monoisotopic (exact) mass is 464 g/mol. The van der Waals surface area contributed by atoms with E-state index in [0.717, 1.165) is 26.6 Å². The molecule has 0 radical (unpaired) electrons. The summed E-state index contributed by atoms with van der Waals surface area (Å²) >= 11 is 0. The number of amides is 1. The highest BCUT2D eigenvalue weighted by atomic mass is 32.2. The number of furan rings is 1. The summed E-state index contributed by atoms with van der Waals surface area (Å²) in [7, 11) is -3.84. The zero-order valence-electron chi connectivity index (χ0n) is 18.6. The molecule has 0 fully saturated rings. The average Bonchev–Trinajstić information content (AvgIpc) is 3.23. The van der Waals surface area contributed by atoms with Gasteiger partial charge in [0.25, 0.3) is 0 Å². The lowest BCUT2D eigenvalue weighted by atomic mass is 10.2. The second-order valence-corrected chi connectivity index (χ2v) is 9.41. The number of hydrogen-bond donors (Lipinski definition) is 0. The zero-order chi connectivity index (χ0) is 23.7. The molecule has 1 aromatic heterocycles. The highest BCUT2D eigenvalue weighted by Crippen LogP contribution is 2.15. The fourth-order valence-electron chi connectivity index (χ4n) is 3.26. The van der Waals surface area contributed by atoms with Crippen molar-refractivity contribution in [3.8, 4) is 0 Å². The number of sulfonamides is 1. The van der Waals surface area contributed by atoms with Crippen molar-refractivity contribution in [3.63, 3.8) is 0 Å². The van der Waals surface area contributed by atoms with Gasteiger partial charge in [0.15, 0.2) is 0 Å². The van der Waals surface area contributed by atoms with Gasteiger partial charge >= 0.3 is 0 Å². The van der Waals surface area contributed by atoms with Crippen molar-refractivity contribution in [1.29, 1.82) is 0 Å². The van der Waals surface area contributed by atoms with E-state index in [1.807, 2.05) is 79.7 Å². The van der Waals surface area contributed by atoms with Crippen molar-refractivity contribution < 1.29 is 17.6 Å². The molecule has 0 atom stereocenters. The Morgan fingerprint density at radius 3 is 2.24 bits per heavy atom. The Morgan fingerprint density at radius 2 is 1.64 bits per heavy atom. The van der Waals surface area contributed by atoms with Crippen LogP contribution < -0.4 is 0 Å². The summed E-state index contributed by atoms with van der Waals surface area (Å²) < 4.78 is 32.7. The van der Waals surface area contributed by atoms with Gasteiger partial charge in [-0.25, -0.2) is 8.42 Å². The van der Waals surface area contributed by atoms with Crippen LogP contribution in [0.4, 0.5) is 0 Å². The third-order valence-electron chi connectivity index (χ3n) is 4.95. The molecule has 3 rings (SSSR count). The van der Waals surface area contributed by atoms with Crippen LogP contribution in [0.5, 0.6) is 0 Å². The van der Waals surface area contributed by atoms with Crippen molar-refractivity contribution in [2.75, 3.05) is 13.1 Å². The molecule has 3 aromatic rings. The lowest BCUT2D eigenvalue weighted by Gasteiger charge is -2.25. The second-order valence-electron chi connectivity index (χ2n) is 7.59. The minimum atomic E-state index is -3.84. The first kappa shape index (κ1) is 24.2. The SMILES string of the molecule is C=CCN(CC(=O)N(Cc1ccccc1)Cc1ccc(C)o1)S(=O)(=O)C=Cc1ccccc1. The minimum Gasteiger partial charge on any atom is -0.464 e. The summed E-state index contributed by atoms with van der Waals surface area (Å²) in [6.45, 7) is 5.78. The number of carbonyl (C=O) groups excluding carboxylic acids is 1. The smallest absolute Gasteiger partial charge is 0.238 e. The highest BCUT2D eigenvalue weighted by Gasteiger charge is 2.25. The van der Waals surface area contributed by atoms with Crippen LogP contribution in [0.1, 0.15) is 22.6 Å². The Morgan fingerprint density at radius 1 is 0.970 bits per heavy atom. The van der Waals surface area contributed by atoms with Crippen LogP contribution in [0.2, 0.25) is 0 Å². The average molecular weight is 465 g/mol. The summed E-state index contributed by atoms with van der Waals surface area (Å²) in [6.07, 6.45) is 2.99. The Bertz CT molecular complexity index is 1190. The molecule has 2 aromatic carbocycles. The molecule has 0 aliphatic rings. The summed E-state index contributed by atoms with van der Waals surface area (Å²) in [5.74, 6) is 1.06. The number of aryl methyl sites for hydroxylation is 1. The van der Waals surface area contributed by atoms with E-state index in [1.54, 1.807) is 4.90 Å². The van der Waals surface area contributed by atoms with Crippen molar-refractivity contribution in [1.82, 2.24) is 9.21 Å². The van der Waals surface area contributed by atoms with E-state index in [9.17, 15) is 13.2 Å². The predicted molar refractivity (Wildman–Crippen MR) is 130 cm³/mol. The molecule has 33 heavy (non-hydrogen) atoms. The molecule has 1 heterocycles. The first-order valence-electron chi connectivity index (χ1n) is 10.6. The van der Waals surface area contributed by atoms with E-state index in [-0.39, 0.29) is 25.5 Å². The molecule has 0 aliphatic heterocycles. The van der Waals surface area contributed by atoms with Crippen LogP contribution in [-0.2, 0) is 27.9 Å². The lowest BCUT2D eigenvalue weighted by molar-refractivity contribution is -0.132. The number of benzene rings is 2. The van der Waals surface area contributed by atoms with Crippen molar-refractivity contribution in [2.45, 2.75) is 20.0 Å². The Labute approximate surface area is 195 Å². The normalized spacial score (nSPS) is 11.7. The maximum atomic E-state index is 13.3. The second kappa shape index (κ2) is 11.4. The van der Waals surface area contributed by atoms with Gasteiger partial charge in [-0.1, -0.05) is 66.7 Å². The molecule has 1 amide bonds. The van der Waals surface area contributed by atoms with Gasteiger partial charge in [0.2, 0.25) is 15.9 Å². The van der Waals surface area contributed by atoms with Gasteiger partial charge in [0.05, 0.1) is 13.1 Å². The first-order chi connectivity index (χ1) is 15.9. The number of nitrogens with zero attached hydrogens (tertiary/aromatic N) is 2. The lowest BCUT2D eigenvalue weighted by Crippen LogP contribution is -2.41. The van der Waals surface area contributed by atoms with Crippen LogP contribution in [0.3, 0.4) is 0 Å². The van der Waals surface area contributed by atoms with Gasteiger partial charge in [0, 0.05) is 18.5 Å². The van der Waals surface area contributed by atoms with Crippen LogP contribution in [0, 0.1) is 6.92 Å². The van der Waals surface area contributed by atoms with E-state index in [0.29, 0.717) is 12.3 Å². The minimum absolute atomic E-state index is 0.0201. The van der Waals surface area contributed by atoms with E-state index < -0.39 is 10.0 Å². The van der Waals surface area contributed by atoms with Gasteiger partial charge in [0.1, 0.15) is 11.5 Å². The summed E-state index contributed by atoms with van der Waals surface area (Å²) in [6, 6.07) is 22.3. The number of hydrogen-bond acceptors (Lipinski definition) is 4. The van der Waals surface area contributed by atoms with Gasteiger partial charge in [-0.2, -0.15) is 4.31 Å². The molecule has 0 saturated carbocycles. The molecule has 0 saturated heterocycles. The first-order valence-corrected chi connectivity index (χ1v) is 12.1. The third-order valence-corrected chi connectivity index (χ3v) is 6.43. The molecule has 7 heteroatoms. The van der Waals surface area contributed by atoms with Gasteiger partial charge in [-0.15, -0.1) is 6.58 Å². The molecule has 172 valence electrons. The molecule has 6 nitrogen and oxygen atoms in total. The number of carbonyl (C=O) groups is 1. The summed E-state index contributed by atoms with van der Waals surface area (Å²) in [5.41, 5.74) is 1.70. The van der Waals surface area contributed by atoms with Crippen LogP contribution >= 0.6 is 0 Å². The topological polar surface area (TPSA) is 70.8 Å². The Balaban J connectivity index is 1.80. The van der Waals surface area contributed by atoms with E-state index in [2.05, 4.69) is 6.58 Å². The number of rotatable bonds is 11. The highest BCUT2D eigenvalue weighted by molar-refractivity contribution is 7.92. The van der Waals surface area contributed by atoms with Gasteiger partial charge in [-0.05, 0) is 36.3 Å². The van der Waals surface area contributed by atoms with Crippen molar-refractivity contribution in [3.05, 3.63) is 114 Å². The van der Waals surface area contributed by atoms with Crippen LogP contribution in [-0.4, -0.2) is 36.6 Å². The molecule has 0 unspecified atom stereocenters. The molecule has 0 spiro atoms. The maximum Gasteiger partial charge on any atom is 0.238 e. The molecule has 0 N–H and O–H groups in total. The fraction of sp³-hybridized carbons (Fsp3) is 0.192. The zero-order valence-corrected chi connectivity index (χ0v) is 19.4. The standard InChI is InChI=1S/C26H28N2O4S/c1-3-17-28(33(30,31)18-16-23-10-6-4-7-11-23)21-26(29)27(19-24-12-8-5-9-13-24)20-25-15-14-22(2)32-25/h3-16,18H,1,17,19-21H2,2H3. The molecule has 0 bridgehead atoms. The molecular weight excluding hydrogens is 436 g/mol. The third kappa shape index (κ3) is 7.30. The molecule has 0 aliphatic carbocycles. The van der Waals surface area contributed by atoms with Crippen molar-refractivity contribution >= 4 is 22.0 Å². The summed E-state index contributed by atoms with van der Waals surface area (Å²) in [4.78, 5) is 14.9. The summed E-state index contributed by atoms with van der Waals surface area (Å²) in [5, 5.41) is 1.12. The van der Waals surface area contributed by atoms with Gasteiger partial charge in [-0.3, -0.25) is 4.79 Å². The Kier molecular flexibility index (Phi) is 8.40. The quantitative estimate of drug-likeness (QED) is 0.389. The van der Waals surface area contributed by atoms with E-state index in [4.69, 9.17) is 4.42 Å².